The molecule has 2 aromatic heterocycles. The molecule has 0 unspecified atom stereocenters. The third kappa shape index (κ3) is 3.21. The van der Waals surface area contributed by atoms with Crippen LogP contribution in [0.25, 0.3) is 0 Å². The van der Waals surface area contributed by atoms with E-state index in [0.717, 1.165) is 0 Å². The molecule has 9 heteroatoms. The summed E-state index contributed by atoms with van der Waals surface area (Å²) >= 11 is 0. The summed E-state index contributed by atoms with van der Waals surface area (Å²) in [5, 5.41) is 16.5. The fraction of sp³-hybridized carbons (Fsp3) is 0.500. The Kier molecular flexibility index (Phi) is 4.06. The van der Waals surface area contributed by atoms with E-state index < -0.39 is 6.17 Å². The molecule has 0 amide bonds. The van der Waals surface area contributed by atoms with E-state index in [4.69, 9.17) is 9.68 Å². The predicted octanol–water partition coefficient (Wildman–Crippen LogP) is 1.09. The van der Waals surface area contributed by atoms with Crippen molar-refractivity contribution in [2.45, 2.75) is 25.6 Å². The first-order chi connectivity index (χ1) is 11.1. The summed E-state index contributed by atoms with van der Waals surface area (Å²) in [4.78, 5) is 11.8. The van der Waals surface area contributed by atoms with E-state index in [1.54, 1.807) is 11.8 Å². The molecule has 1 saturated heterocycles. The number of alkyl halides is 1. The standard InChI is InChI=1S/C14H16FN7O/c1-9-19-20-14(23-9)22-7-10(15)3-12(22)8-21(2)13-6-17-11(4-16)5-18-13/h5-6,10,12H,3,7-8H2,1-2H3/t10-,12-/m0/s1. The van der Waals surface area contributed by atoms with Crippen LogP contribution in [0.1, 0.15) is 18.0 Å². The van der Waals surface area contributed by atoms with Crippen LogP contribution >= 0.6 is 0 Å². The minimum atomic E-state index is -0.937. The van der Waals surface area contributed by atoms with Crippen LogP contribution in [0.2, 0.25) is 0 Å². The molecule has 8 nitrogen and oxygen atoms in total. The Balaban J connectivity index is 1.73. The lowest BCUT2D eigenvalue weighted by molar-refractivity contribution is 0.356. The number of anilines is 2. The van der Waals surface area contributed by atoms with Gasteiger partial charge in [0.05, 0.1) is 25.0 Å². The van der Waals surface area contributed by atoms with Gasteiger partial charge in [0.25, 0.3) is 0 Å². The van der Waals surface area contributed by atoms with E-state index >= 15 is 0 Å². The number of halogens is 1. The Morgan fingerprint density at radius 1 is 1.43 bits per heavy atom. The Hall–Kier alpha value is -2.76. The molecule has 0 saturated carbocycles. The summed E-state index contributed by atoms with van der Waals surface area (Å²) in [5.41, 5.74) is 0.259. The van der Waals surface area contributed by atoms with Gasteiger partial charge in [0.1, 0.15) is 18.1 Å². The molecule has 2 aromatic rings. The lowest BCUT2D eigenvalue weighted by atomic mass is 10.2. The smallest absolute Gasteiger partial charge is 0.318 e. The highest BCUT2D eigenvalue weighted by Gasteiger charge is 2.36. The first-order valence-electron chi connectivity index (χ1n) is 7.21. The maximum absolute atomic E-state index is 13.9. The summed E-state index contributed by atoms with van der Waals surface area (Å²) in [6.45, 7) is 2.47. The molecule has 23 heavy (non-hydrogen) atoms. The number of nitriles is 1. The van der Waals surface area contributed by atoms with Gasteiger partial charge in [-0.1, -0.05) is 5.10 Å². The first kappa shape index (κ1) is 15.1. The van der Waals surface area contributed by atoms with Gasteiger partial charge in [-0.3, -0.25) is 0 Å². The third-order valence-electron chi connectivity index (χ3n) is 3.75. The van der Waals surface area contributed by atoms with Crippen LogP contribution in [0, 0.1) is 18.3 Å². The number of aromatic nitrogens is 4. The minimum absolute atomic E-state index is 0.104. The van der Waals surface area contributed by atoms with Crippen molar-refractivity contribution in [3.8, 4) is 6.07 Å². The quantitative estimate of drug-likeness (QED) is 0.827. The van der Waals surface area contributed by atoms with Crippen molar-refractivity contribution in [1.82, 2.24) is 20.2 Å². The highest BCUT2D eigenvalue weighted by molar-refractivity contribution is 5.39. The zero-order valence-electron chi connectivity index (χ0n) is 12.8. The van der Waals surface area contributed by atoms with E-state index in [0.29, 0.717) is 30.7 Å². The first-order valence-corrected chi connectivity index (χ1v) is 7.21. The number of hydrogen-bond donors (Lipinski definition) is 0. The van der Waals surface area contributed by atoms with Crippen molar-refractivity contribution in [2.75, 3.05) is 29.9 Å². The molecule has 2 atom stereocenters. The molecule has 0 aromatic carbocycles. The largest absolute Gasteiger partial charge is 0.408 e. The van der Waals surface area contributed by atoms with Crippen LogP contribution in [0.5, 0.6) is 0 Å². The van der Waals surface area contributed by atoms with Crippen molar-refractivity contribution in [2.24, 2.45) is 0 Å². The second kappa shape index (κ2) is 6.16. The molecule has 1 fully saturated rings. The lowest BCUT2D eigenvalue weighted by Gasteiger charge is -2.27. The van der Waals surface area contributed by atoms with Gasteiger partial charge in [-0.2, -0.15) is 5.26 Å². The van der Waals surface area contributed by atoms with Gasteiger partial charge >= 0.3 is 6.01 Å². The third-order valence-corrected chi connectivity index (χ3v) is 3.75. The highest BCUT2D eigenvalue weighted by Crippen LogP contribution is 2.27. The van der Waals surface area contributed by atoms with Crippen LogP contribution < -0.4 is 9.80 Å². The maximum Gasteiger partial charge on any atom is 0.318 e. The molecule has 1 aliphatic rings. The number of likely N-dealkylation sites (N-methyl/N-ethyl adjacent to an activating group) is 1. The number of hydrogen-bond acceptors (Lipinski definition) is 8. The van der Waals surface area contributed by atoms with Crippen molar-refractivity contribution in [1.29, 1.82) is 5.26 Å². The molecule has 3 heterocycles. The fourth-order valence-electron chi connectivity index (χ4n) is 2.65. The second-order valence-corrected chi connectivity index (χ2v) is 5.49. The van der Waals surface area contributed by atoms with Gasteiger partial charge in [0, 0.05) is 26.9 Å². The molecule has 1 aliphatic heterocycles. The van der Waals surface area contributed by atoms with E-state index in [1.807, 2.05) is 18.0 Å². The van der Waals surface area contributed by atoms with Crippen LogP contribution in [0.4, 0.5) is 16.2 Å². The number of rotatable bonds is 4. The summed E-state index contributed by atoms with van der Waals surface area (Å²) in [6.07, 6.45) is 2.39. The van der Waals surface area contributed by atoms with Crippen LogP contribution in [-0.4, -0.2) is 52.5 Å². The van der Waals surface area contributed by atoms with E-state index in [1.165, 1.54) is 12.4 Å². The zero-order valence-corrected chi connectivity index (χ0v) is 12.8. The van der Waals surface area contributed by atoms with E-state index in [9.17, 15) is 4.39 Å². The molecule has 120 valence electrons. The van der Waals surface area contributed by atoms with Gasteiger partial charge < -0.3 is 14.2 Å². The molecule has 3 rings (SSSR count). The monoisotopic (exact) mass is 317 g/mol. The van der Waals surface area contributed by atoms with Gasteiger partial charge in [0.15, 0.2) is 5.69 Å². The fourth-order valence-corrected chi connectivity index (χ4v) is 2.65. The van der Waals surface area contributed by atoms with Crippen molar-refractivity contribution < 1.29 is 8.81 Å². The summed E-state index contributed by atoms with van der Waals surface area (Å²) in [6, 6.07) is 2.16. The molecule has 0 N–H and O–H groups in total. The average Bonchev–Trinajstić information content (AvgIpc) is 3.13. The van der Waals surface area contributed by atoms with Crippen molar-refractivity contribution in [3.63, 3.8) is 0 Å². The van der Waals surface area contributed by atoms with Crippen LogP contribution in [0.3, 0.4) is 0 Å². The summed E-state index contributed by atoms with van der Waals surface area (Å²) in [7, 11) is 1.85. The highest BCUT2D eigenvalue weighted by atomic mass is 19.1. The van der Waals surface area contributed by atoms with Gasteiger partial charge in [-0.15, -0.1) is 5.10 Å². The van der Waals surface area contributed by atoms with Gasteiger partial charge in [0.2, 0.25) is 5.89 Å². The maximum atomic E-state index is 13.9. The second-order valence-electron chi connectivity index (χ2n) is 5.49. The Labute approximate surface area is 132 Å². The molecule has 0 aliphatic carbocycles. The number of nitrogens with zero attached hydrogens (tertiary/aromatic N) is 7. The summed E-state index contributed by atoms with van der Waals surface area (Å²) < 4.78 is 19.3. The predicted molar refractivity (Wildman–Crippen MR) is 79.7 cm³/mol. The lowest BCUT2D eigenvalue weighted by Crippen LogP contribution is -2.39. The summed E-state index contributed by atoms with van der Waals surface area (Å²) in [5.74, 6) is 1.07. The van der Waals surface area contributed by atoms with Gasteiger partial charge in [-0.25, -0.2) is 14.4 Å². The molecule has 0 radical (unpaired) electrons. The Morgan fingerprint density at radius 3 is 2.87 bits per heavy atom. The normalized spacial score (nSPS) is 20.5. The Morgan fingerprint density at radius 2 is 2.26 bits per heavy atom. The zero-order chi connectivity index (χ0) is 16.4. The van der Waals surface area contributed by atoms with Crippen molar-refractivity contribution >= 4 is 11.8 Å². The Bertz CT molecular complexity index is 711. The molecule has 0 spiro atoms. The van der Waals surface area contributed by atoms with E-state index in [-0.39, 0.29) is 18.3 Å². The topological polar surface area (TPSA) is 95.0 Å². The van der Waals surface area contributed by atoms with E-state index in [2.05, 4.69) is 20.2 Å². The van der Waals surface area contributed by atoms with Gasteiger partial charge in [-0.05, 0) is 0 Å². The SMILES string of the molecule is Cc1nnc(N2C[C@@H](F)C[C@H]2CN(C)c2cnc(C#N)cn2)o1. The molecular weight excluding hydrogens is 301 g/mol. The van der Waals surface area contributed by atoms with Crippen molar-refractivity contribution in [3.05, 3.63) is 24.0 Å². The average molecular weight is 317 g/mol. The van der Waals surface area contributed by atoms with Crippen LogP contribution in [0.15, 0.2) is 16.8 Å². The minimum Gasteiger partial charge on any atom is -0.408 e. The molecule has 0 bridgehead atoms. The van der Waals surface area contributed by atoms with Crippen LogP contribution in [-0.2, 0) is 0 Å². The number of aryl methyl sites for hydroxylation is 1. The molecular formula is C14H16FN7O.